The molecule has 0 atom stereocenters. The van der Waals surface area contributed by atoms with Crippen LogP contribution in [0.25, 0.3) is 10.8 Å². The average molecular weight is 243 g/mol. The van der Waals surface area contributed by atoms with Gasteiger partial charge in [-0.1, -0.05) is 0 Å². The van der Waals surface area contributed by atoms with E-state index in [0.29, 0.717) is 11.1 Å². The normalized spacial score (nSPS) is 10.3. The molecule has 0 spiro atoms. The van der Waals surface area contributed by atoms with Crippen molar-refractivity contribution in [2.45, 2.75) is 13.8 Å². The molecule has 1 aromatic heterocycles. The topological polar surface area (TPSA) is 56.3 Å². The lowest BCUT2D eigenvalue weighted by Crippen LogP contribution is -2.10. The molecule has 92 valence electrons. The number of rotatable bonds is 3. The predicted molar refractivity (Wildman–Crippen MR) is 67.7 cm³/mol. The number of carbonyl (C=O) groups excluding carboxylic acids is 2. The highest BCUT2D eigenvalue weighted by Gasteiger charge is 2.16. The molecule has 0 saturated carbocycles. The zero-order valence-corrected chi connectivity index (χ0v) is 10.3. The molecule has 2 aromatic rings. The molecular weight excluding hydrogens is 230 g/mol. The summed E-state index contributed by atoms with van der Waals surface area (Å²) >= 11 is 0. The fourth-order valence-corrected chi connectivity index (χ4v) is 1.80. The summed E-state index contributed by atoms with van der Waals surface area (Å²) in [6.07, 6.45) is 3.31. The van der Waals surface area contributed by atoms with Gasteiger partial charge in [0.15, 0.2) is 5.78 Å². The Hall–Kier alpha value is -2.23. The fourth-order valence-electron chi connectivity index (χ4n) is 1.80. The van der Waals surface area contributed by atoms with Gasteiger partial charge in [-0.2, -0.15) is 0 Å². The number of Topliss-reactive ketones (excluding diaryl/α,β-unsaturated/α-hetero) is 1. The van der Waals surface area contributed by atoms with Gasteiger partial charge in [-0.05, 0) is 37.4 Å². The van der Waals surface area contributed by atoms with Gasteiger partial charge in [0.05, 0.1) is 12.2 Å². The highest BCUT2D eigenvalue weighted by Crippen LogP contribution is 2.20. The van der Waals surface area contributed by atoms with Gasteiger partial charge in [0.25, 0.3) is 0 Å². The van der Waals surface area contributed by atoms with E-state index in [1.54, 1.807) is 37.5 Å². The van der Waals surface area contributed by atoms with E-state index in [0.717, 1.165) is 10.8 Å². The summed E-state index contributed by atoms with van der Waals surface area (Å²) in [6.45, 7) is 3.45. The van der Waals surface area contributed by atoms with Crippen molar-refractivity contribution < 1.29 is 14.3 Å². The zero-order chi connectivity index (χ0) is 13.1. The van der Waals surface area contributed by atoms with Gasteiger partial charge in [-0.3, -0.25) is 9.78 Å². The molecule has 18 heavy (non-hydrogen) atoms. The van der Waals surface area contributed by atoms with E-state index in [4.69, 9.17) is 4.74 Å². The summed E-state index contributed by atoms with van der Waals surface area (Å²) in [5.41, 5.74) is 0.678. The molecule has 1 aromatic carbocycles. The molecule has 0 amide bonds. The Morgan fingerprint density at radius 3 is 2.61 bits per heavy atom. The summed E-state index contributed by atoms with van der Waals surface area (Å²) in [7, 11) is 0. The van der Waals surface area contributed by atoms with Crippen LogP contribution in [0.4, 0.5) is 0 Å². The van der Waals surface area contributed by atoms with Gasteiger partial charge in [-0.15, -0.1) is 0 Å². The molecule has 1 heterocycles. The van der Waals surface area contributed by atoms with Crippen LogP contribution in [-0.4, -0.2) is 23.3 Å². The van der Waals surface area contributed by atoms with Crippen LogP contribution in [0, 0.1) is 0 Å². The van der Waals surface area contributed by atoms with Crippen LogP contribution in [-0.2, 0) is 4.74 Å². The fraction of sp³-hybridized carbons (Fsp3) is 0.214. The maximum Gasteiger partial charge on any atom is 0.338 e. The summed E-state index contributed by atoms with van der Waals surface area (Å²) < 4.78 is 4.96. The van der Waals surface area contributed by atoms with E-state index in [1.165, 1.54) is 6.92 Å². The Labute approximate surface area is 105 Å². The predicted octanol–water partition coefficient (Wildman–Crippen LogP) is 2.61. The van der Waals surface area contributed by atoms with Crippen LogP contribution >= 0.6 is 0 Å². The van der Waals surface area contributed by atoms with Crippen LogP contribution in [0.15, 0.2) is 30.6 Å². The van der Waals surface area contributed by atoms with E-state index < -0.39 is 5.97 Å². The quantitative estimate of drug-likeness (QED) is 0.614. The molecule has 0 fully saturated rings. The van der Waals surface area contributed by atoms with Crippen LogP contribution in [0.5, 0.6) is 0 Å². The molecule has 0 aliphatic carbocycles. The number of hydrogen-bond donors (Lipinski definition) is 0. The molecule has 0 N–H and O–H groups in total. The van der Waals surface area contributed by atoms with E-state index >= 15 is 0 Å². The van der Waals surface area contributed by atoms with Crippen LogP contribution in [0.3, 0.4) is 0 Å². The van der Waals surface area contributed by atoms with Crippen molar-refractivity contribution in [3.8, 4) is 0 Å². The monoisotopic (exact) mass is 243 g/mol. The molecule has 0 unspecified atom stereocenters. The van der Waals surface area contributed by atoms with Gasteiger partial charge in [0, 0.05) is 23.3 Å². The molecule has 0 saturated heterocycles. The van der Waals surface area contributed by atoms with Crippen LogP contribution in [0.2, 0.25) is 0 Å². The first-order valence-electron chi connectivity index (χ1n) is 5.69. The van der Waals surface area contributed by atoms with Gasteiger partial charge in [0.1, 0.15) is 0 Å². The molecule has 0 radical (unpaired) electrons. The smallest absolute Gasteiger partial charge is 0.338 e. The van der Waals surface area contributed by atoms with Crippen LogP contribution in [0.1, 0.15) is 34.6 Å². The van der Waals surface area contributed by atoms with E-state index in [2.05, 4.69) is 4.98 Å². The van der Waals surface area contributed by atoms with Crippen molar-refractivity contribution in [1.82, 2.24) is 4.98 Å². The molecule has 0 aliphatic rings. The number of esters is 1. The number of hydrogen-bond acceptors (Lipinski definition) is 4. The van der Waals surface area contributed by atoms with Gasteiger partial charge < -0.3 is 4.74 Å². The molecular formula is C14H13NO3. The third kappa shape index (κ3) is 2.22. The molecule has 0 aliphatic heterocycles. The number of fused-ring (bicyclic) bond motifs is 1. The largest absolute Gasteiger partial charge is 0.462 e. The van der Waals surface area contributed by atoms with E-state index in [9.17, 15) is 9.59 Å². The average Bonchev–Trinajstić information content (AvgIpc) is 2.37. The number of ketones is 1. The van der Waals surface area contributed by atoms with Gasteiger partial charge in [-0.25, -0.2) is 4.79 Å². The summed E-state index contributed by atoms with van der Waals surface area (Å²) in [4.78, 5) is 27.4. The number of benzene rings is 1. The minimum atomic E-state index is -0.471. The number of aromatic nitrogens is 1. The minimum Gasteiger partial charge on any atom is -0.462 e. The Bertz CT molecular complexity index is 619. The van der Waals surface area contributed by atoms with E-state index in [1.807, 2.05) is 0 Å². The third-order valence-corrected chi connectivity index (χ3v) is 2.65. The third-order valence-electron chi connectivity index (χ3n) is 2.65. The lowest BCUT2D eigenvalue weighted by atomic mass is 10.00. The second-order valence-electron chi connectivity index (χ2n) is 3.90. The second kappa shape index (κ2) is 4.96. The standard InChI is InChI=1S/C14H13NO3/c1-3-18-14(17)13-6-10-4-5-15-8-11(10)7-12(13)9(2)16/h4-8H,3H2,1-2H3. The Kier molecular flexibility index (Phi) is 3.37. The minimum absolute atomic E-state index is 0.163. The van der Waals surface area contributed by atoms with Crippen molar-refractivity contribution >= 4 is 22.5 Å². The number of carbonyl (C=O) groups is 2. The lowest BCUT2D eigenvalue weighted by Gasteiger charge is -2.08. The van der Waals surface area contributed by atoms with Gasteiger partial charge >= 0.3 is 5.97 Å². The zero-order valence-electron chi connectivity index (χ0n) is 10.3. The molecule has 4 heteroatoms. The SMILES string of the molecule is CCOC(=O)c1cc2ccncc2cc1C(C)=O. The molecule has 2 rings (SSSR count). The Balaban J connectivity index is 2.65. The van der Waals surface area contributed by atoms with Gasteiger partial charge in [0.2, 0.25) is 0 Å². The maximum atomic E-state index is 11.8. The Morgan fingerprint density at radius 2 is 1.94 bits per heavy atom. The van der Waals surface area contributed by atoms with E-state index in [-0.39, 0.29) is 12.4 Å². The van der Waals surface area contributed by atoms with Crippen molar-refractivity contribution in [3.63, 3.8) is 0 Å². The highest BCUT2D eigenvalue weighted by molar-refractivity contribution is 6.09. The molecule has 4 nitrogen and oxygen atoms in total. The van der Waals surface area contributed by atoms with Crippen molar-refractivity contribution in [1.29, 1.82) is 0 Å². The van der Waals surface area contributed by atoms with Crippen molar-refractivity contribution in [2.75, 3.05) is 6.61 Å². The second-order valence-corrected chi connectivity index (χ2v) is 3.90. The van der Waals surface area contributed by atoms with Crippen LogP contribution < -0.4 is 0 Å². The number of ether oxygens (including phenoxy) is 1. The summed E-state index contributed by atoms with van der Waals surface area (Å²) in [5, 5.41) is 1.69. The summed E-state index contributed by atoms with van der Waals surface area (Å²) in [6, 6.07) is 5.14. The lowest BCUT2D eigenvalue weighted by molar-refractivity contribution is 0.0523. The summed E-state index contributed by atoms with van der Waals surface area (Å²) in [5.74, 6) is -0.634. The highest BCUT2D eigenvalue weighted by atomic mass is 16.5. The molecule has 0 bridgehead atoms. The first-order chi connectivity index (χ1) is 8.63. The number of nitrogens with zero attached hydrogens (tertiary/aromatic N) is 1. The van der Waals surface area contributed by atoms with Crippen molar-refractivity contribution in [2.24, 2.45) is 0 Å². The first kappa shape index (κ1) is 12.2. The first-order valence-corrected chi connectivity index (χ1v) is 5.69. The maximum absolute atomic E-state index is 11.8. The number of pyridine rings is 1. The Morgan fingerprint density at radius 1 is 1.22 bits per heavy atom. The van der Waals surface area contributed by atoms with Crippen molar-refractivity contribution in [3.05, 3.63) is 41.7 Å².